The third-order valence-corrected chi connectivity index (χ3v) is 3.19. The van der Waals surface area contributed by atoms with E-state index in [9.17, 15) is 4.79 Å². The Morgan fingerprint density at radius 3 is 2.32 bits per heavy atom. The average Bonchev–Trinajstić information content (AvgIpc) is 2.41. The summed E-state index contributed by atoms with van der Waals surface area (Å²) < 4.78 is 0.964. The molecule has 0 heterocycles. The summed E-state index contributed by atoms with van der Waals surface area (Å²) in [6, 6.07) is 15.3. The van der Waals surface area contributed by atoms with Gasteiger partial charge in [0.05, 0.1) is 0 Å². The Labute approximate surface area is 121 Å². The largest absolute Gasteiger partial charge is 0.362 e. The van der Waals surface area contributed by atoms with Gasteiger partial charge in [-0.25, -0.2) is 0 Å². The first-order valence-electron chi connectivity index (χ1n) is 5.95. The van der Waals surface area contributed by atoms with Gasteiger partial charge in [-0.3, -0.25) is 4.79 Å². The molecule has 0 fully saturated rings. The van der Waals surface area contributed by atoms with Gasteiger partial charge in [0.2, 0.25) is 0 Å². The second-order valence-corrected chi connectivity index (χ2v) is 5.13. The molecule has 1 N–H and O–H groups in total. The minimum atomic E-state index is -0.0212. The Kier molecular flexibility index (Phi) is 4.53. The SMILES string of the molecule is Cc1ccc(N/C=C/C(=O)c2ccc(Br)cc2)cc1. The van der Waals surface area contributed by atoms with Gasteiger partial charge >= 0.3 is 0 Å². The van der Waals surface area contributed by atoms with E-state index in [0.717, 1.165) is 10.2 Å². The van der Waals surface area contributed by atoms with Gasteiger partial charge < -0.3 is 5.32 Å². The van der Waals surface area contributed by atoms with Gasteiger partial charge in [-0.2, -0.15) is 0 Å². The molecule has 0 saturated heterocycles. The third kappa shape index (κ3) is 4.07. The van der Waals surface area contributed by atoms with Crippen molar-refractivity contribution in [3.05, 3.63) is 76.4 Å². The Bertz CT molecular complexity index is 585. The van der Waals surface area contributed by atoms with E-state index in [0.29, 0.717) is 5.56 Å². The molecule has 2 aromatic rings. The van der Waals surface area contributed by atoms with Crippen LogP contribution in [0.1, 0.15) is 15.9 Å². The lowest BCUT2D eigenvalue weighted by Gasteiger charge is -2.01. The van der Waals surface area contributed by atoms with Crippen molar-refractivity contribution in [1.29, 1.82) is 0 Å². The number of nitrogens with one attached hydrogen (secondary N) is 1. The second-order valence-electron chi connectivity index (χ2n) is 4.21. The van der Waals surface area contributed by atoms with Crippen molar-refractivity contribution < 1.29 is 4.79 Å². The predicted molar refractivity (Wildman–Crippen MR) is 82.4 cm³/mol. The van der Waals surface area contributed by atoms with Crippen LogP contribution in [0.5, 0.6) is 0 Å². The molecule has 0 amide bonds. The van der Waals surface area contributed by atoms with Crippen LogP contribution in [-0.2, 0) is 0 Å². The Morgan fingerprint density at radius 2 is 1.68 bits per heavy atom. The maximum atomic E-state index is 11.9. The van der Waals surface area contributed by atoms with Crippen LogP contribution in [-0.4, -0.2) is 5.78 Å². The van der Waals surface area contributed by atoms with Crippen LogP contribution in [0.15, 0.2) is 65.3 Å². The topological polar surface area (TPSA) is 29.1 Å². The van der Waals surface area contributed by atoms with Gasteiger partial charge in [0.1, 0.15) is 0 Å². The molecule has 0 unspecified atom stereocenters. The maximum absolute atomic E-state index is 11.9. The highest BCUT2D eigenvalue weighted by Crippen LogP contribution is 2.12. The molecule has 19 heavy (non-hydrogen) atoms. The summed E-state index contributed by atoms with van der Waals surface area (Å²) >= 11 is 3.34. The highest BCUT2D eigenvalue weighted by Gasteiger charge is 2.00. The molecular formula is C16H14BrNO. The molecule has 0 aliphatic heterocycles. The zero-order valence-electron chi connectivity index (χ0n) is 10.6. The summed E-state index contributed by atoms with van der Waals surface area (Å²) in [5.74, 6) is -0.0212. The quantitative estimate of drug-likeness (QED) is 0.661. The minimum absolute atomic E-state index is 0.0212. The normalized spacial score (nSPS) is 10.6. The summed E-state index contributed by atoms with van der Waals surface area (Å²) in [5.41, 5.74) is 2.84. The Hall–Kier alpha value is -1.87. The molecule has 0 saturated carbocycles. The summed E-state index contributed by atoms with van der Waals surface area (Å²) in [7, 11) is 0. The fraction of sp³-hybridized carbons (Fsp3) is 0.0625. The van der Waals surface area contributed by atoms with E-state index < -0.39 is 0 Å². The average molecular weight is 316 g/mol. The lowest BCUT2D eigenvalue weighted by Crippen LogP contribution is -1.96. The van der Waals surface area contributed by atoms with Gasteiger partial charge in [0.15, 0.2) is 5.78 Å². The molecule has 2 rings (SSSR count). The maximum Gasteiger partial charge on any atom is 0.187 e. The zero-order chi connectivity index (χ0) is 13.7. The number of anilines is 1. The van der Waals surface area contributed by atoms with Crippen LogP contribution in [0.2, 0.25) is 0 Å². The van der Waals surface area contributed by atoms with E-state index in [-0.39, 0.29) is 5.78 Å². The number of carbonyl (C=O) groups excluding carboxylic acids is 1. The van der Waals surface area contributed by atoms with Crippen molar-refractivity contribution in [2.75, 3.05) is 5.32 Å². The van der Waals surface area contributed by atoms with Crippen molar-refractivity contribution in [2.24, 2.45) is 0 Å². The molecule has 96 valence electrons. The molecular weight excluding hydrogens is 302 g/mol. The molecule has 0 aromatic heterocycles. The number of aryl methyl sites for hydroxylation is 1. The van der Waals surface area contributed by atoms with Crippen LogP contribution >= 0.6 is 15.9 Å². The van der Waals surface area contributed by atoms with E-state index >= 15 is 0 Å². The van der Waals surface area contributed by atoms with Crippen molar-refractivity contribution in [1.82, 2.24) is 0 Å². The first-order valence-corrected chi connectivity index (χ1v) is 6.74. The number of ketones is 1. The number of hydrogen-bond donors (Lipinski definition) is 1. The minimum Gasteiger partial charge on any atom is -0.362 e. The number of rotatable bonds is 4. The van der Waals surface area contributed by atoms with Crippen molar-refractivity contribution in [2.45, 2.75) is 6.92 Å². The monoisotopic (exact) mass is 315 g/mol. The lowest BCUT2D eigenvalue weighted by atomic mass is 10.1. The van der Waals surface area contributed by atoms with Gasteiger partial charge in [-0.15, -0.1) is 0 Å². The molecule has 2 nitrogen and oxygen atoms in total. The van der Waals surface area contributed by atoms with Crippen molar-refractivity contribution in [3.63, 3.8) is 0 Å². The predicted octanol–water partition coefficient (Wildman–Crippen LogP) is 4.57. The van der Waals surface area contributed by atoms with Crippen molar-refractivity contribution >= 4 is 27.4 Å². The lowest BCUT2D eigenvalue weighted by molar-refractivity contribution is 0.104. The first-order chi connectivity index (χ1) is 9.15. The number of carbonyl (C=O) groups is 1. The molecule has 2 aromatic carbocycles. The second kappa shape index (κ2) is 6.34. The fourth-order valence-corrected chi connectivity index (χ4v) is 1.84. The van der Waals surface area contributed by atoms with Crippen LogP contribution in [0.4, 0.5) is 5.69 Å². The highest BCUT2D eigenvalue weighted by molar-refractivity contribution is 9.10. The standard InChI is InChI=1S/C16H14BrNO/c1-12-2-8-15(9-3-12)18-11-10-16(19)13-4-6-14(17)7-5-13/h2-11,18H,1H3/b11-10+. The van der Waals surface area contributed by atoms with E-state index in [2.05, 4.69) is 21.2 Å². The van der Waals surface area contributed by atoms with Gasteiger partial charge in [0, 0.05) is 28.0 Å². The van der Waals surface area contributed by atoms with Crippen LogP contribution in [0.25, 0.3) is 0 Å². The first kappa shape index (κ1) is 13.6. The summed E-state index contributed by atoms with van der Waals surface area (Å²) in [5, 5.41) is 3.07. The van der Waals surface area contributed by atoms with Crippen LogP contribution < -0.4 is 5.32 Å². The van der Waals surface area contributed by atoms with Gasteiger partial charge in [-0.05, 0) is 43.3 Å². The number of benzene rings is 2. The van der Waals surface area contributed by atoms with Crippen LogP contribution in [0.3, 0.4) is 0 Å². The summed E-state index contributed by atoms with van der Waals surface area (Å²) in [4.78, 5) is 11.9. The Morgan fingerprint density at radius 1 is 1.05 bits per heavy atom. The molecule has 0 radical (unpaired) electrons. The fourth-order valence-electron chi connectivity index (χ4n) is 1.57. The molecule has 0 aliphatic rings. The molecule has 0 atom stereocenters. The van der Waals surface area contributed by atoms with E-state index in [4.69, 9.17) is 0 Å². The number of halogens is 1. The molecule has 3 heteroatoms. The van der Waals surface area contributed by atoms with Gasteiger partial charge in [-0.1, -0.05) is 33.6 Å². The Balaban J connectivity index is 1.97. The van der Waals surface area contributed by atoms with Crippen LogP contribution in [0, 0.1) is 6.92 Å². The number of allylic oxidation sites excluding steroid dienone is 1. The van der Waals surface area contributed by atoms with Crippen molar-refractivity contribution in [3.8, 4) is 0 Å². The molecule has 0 bridgehead atoms. The summed E-state index contributed by atoms with van der Waals surface area (Å²) in [6.45, 7) is 2.04. The smallest absolute Gasteiger partial charge is 0.187 e. The van der Waals surface area contributed by atoms with E-state index in [1.807, 2.05) is 43.3 Å². The number of hydrogen-bond acceptors (Lipinski definition) is 2. The zero-order valence-corrected chi connectivity index (χ0v) is 12.1. The van der Waals surface area contributed by atoms with E-state index in [1.54, 1.807) is 18.3 Å². The third-order valence-electron chi connectivity index (χ3n) is 2.67. The molecule has 0 aliphatic carbocycles. The molecule has 0 spiro atoms. The van der Waals surface area contributed by atoms with E-state index in [1.165, 1.54) is 11.6 Å². The summed E-state index contributed by atoms with van der Waals surface area (Å²) in [6.07, 6.45) is 3.19. The van der Waals surface area contributed by atoms with Gasteiger partial charge in [0.25, 0.3) is 0 Å². The highest BCUT2D eigenvalue weighted by atomic mass is 79.9.